The fourth-order valence-corrected chi connectivity index (χ4v) is 1.15. The van der Waals surface area contributed by atoms with E-state index in [0.717, 1.165) is 11.1 Å². The Labute approximate surface area is 97.5 Å². The predicted molar refractivity (Wildman–Crippen MR) is 56.7 cm³/mol. The van der Waals surface area contributed by atoms with E-state index in [1.807, 2.05) is 0 Å². The summed E-state index contributed by atoms with van der Waals surface area (Å²) < 4.78 is 17.8. The molecule has 0 fully saturated rings. The molecule has 0 aliphatic heterocycles. The number of halogens is 2. The zero-order chi connectivity index (χ0) is 12.1. The number of hydrogen-bond acceptors (Lipinski definition) is 3. The molecular formula is C10H11ClFNO3. The number of benzene rings is 1. The van der Waals surface area contributed by atoms with E-state index in [2.05, 4.69) is 4.84 Å². The van der Waals surface area contributed by atoms with E-state index >= 15 is 0 Å². The molecule has 4 nitrogen and oxygen atoms in total. The third kappa shape index (κ3) is 3.36. The smallest absolute Gasteiger partial charge is 0.283 e. The van der Waals surface area contributed by atoms with Gasteiger partial charge >= 0.3 is 0 Å². The Balaban J connectivity index is 2.58. The van der Waals surface area contributed by atoms with Crippen molar-refractivity contribution in [3.05, 3.63) is 29.0 Å². The second kappa shape index (κ2) is 5.67. The number of carbonyl (C=O) groups excluding carboxylic acids is 1. The van der Waals surface area contributed by atoms with E-state index in [1.54, 1.807) is 0 Å². The number of ether oxygens (including phenoxy) is 1. The van der Waals surface area contributed by atoms with Crippen LogP contribution in [0, 0.1) is 5.82 Å². The van der Waals surface area contributed by atoms with Crippen molar-refractivity contribution in [2.24, 2.45) is 0 Å². The standard InChI is InChI=1S/C10H11ClFNO3/c1-13(15-2)10(14)6-16-9-4-3-7(12)5-8(9)11/h3-5H,6H2,1-2H3. The largest absolute Gasteiger partial charge is 0.482 e. The van der Waals surface area contributed by atoms with E-state index < -0.39 is 5.82 Å². The molecule has 1 amide bonds. The SMILES string of the molecule is CON(C)C(=O)COc1ccc(F)cc1Cl. The Kier molecular flexibility index (Phi) is 4.52. The second-order valence-corrected chi connectivity index (χ2v) is 3.34. The van der Waals surface area contributed by atoms with Gasteiger partial charge in [-0.2, -0.15) is 0 Å². The van der Waals surface area contributed by atoms with Gasteiger partial charge in [-0.05, 0) is 18.2 Å². The average Bonchev–Trinajstić information content (AvgIpc) is 2.26. The lowest BCUT2D eigenvalue weighted by molar-refractivity contribution is -0.170. The third-order valence-corrected chi connectivity index (χ3v) is 2.17. The molecule has 0 aliphatic carbocycles. The first-order valence-corrected chi connectivity index (χ1v) is 4.81. The van der Waals surface area contributed by atoms with E-state index in [0.29, 0.717) is 0 Å². The van der Waals surface area contributed by atoms with Gasteiger partial charge in [0, 0.05) is 7.05 Å². The van der Waals surface area contributed by atoms with Gasteiger partial charge < -0.3 is 4.74 Å². The number of likely N-dealkylation sites (N-methyl/N-ethyl adjacent to an activating group) is 1. The van der Waals surface area contributed by atoms with Crippen molar-refractivity contribution in [1.82, 2.24) is 5.06 Å². The molecule has 0 radical (unpaired) electrons. The molecule has 88 valence electrons. The number of nitrogens with zero attached hydrogens (tertiary/aromatic N) is 1. The van der Waals surface area contributed by atoms with Crippen LogP contribution >= 0.6 is 11.6 Å². The van der Waals surface area contributed by atoms with Crippen LogP contribution in [0.4, 0.5) is 4.39 Å². The molecule has 0 bridgehead atoms. The highest BCUT2D eigenvalue weighted by molar-refractivity contribution is 6.32. The number of hydrogen-bond donors (Lipinski definition) is 0. The minimum atomic E-state index is -0.460. The second-order valence-electron chi connectivity index (χ2n) is 2.94. The van der Waals surface area contributed by atoms with Crippen LogP contribution in [0.5, 0.6) is 5.75 Å². The van der Waals surface area contributed by atoms with Gasteiger partial charge in [-0.25, -0.2) is 9.45 Å². The molecule has 0 unspecified atom stereocenters. The average molecular weight is 248 g/mol. The Morgan fingerprint density at radius 3 is 2.81 bits per heavy atom. The van der Waals surface area contributed by atoms with E-state index in [4.69, 9.17) is 16.3 Å². The van der Waals surface area contributed by atoms with Crippen LogP contribution in [0.1, 0.15) is 0 Å². The Morgan fingerprint density at radius 2 is 2.25 bits per heavy atom. The first-order chi connectivity index (χ1) is 7.54. The molecule has 0 heterocycles. The van der Waals surface area contributed by atoms with Gasteiger partial charge in [0.15, 0.2) is 6.61 Å². The van der Waals surface area contributed by atoms with Gasteiger partial charge in [-0.3, -0.25) is 9.63 Å². The van der Waals surface area contributed by atoms with Gasteiger partial charge in [-0.15, -0.1) is 0 Å². The molecule has 1 rings (SSSR count). The van der Waals surface area contributed by atoms with Gasteiger partial charge in [-0.1, -0.05) is 11.6 Å². The van der Waals surface area contributed by atoms with E-state index in [1.165, 1.54) is 26.3 Å². The number of rotatable bonds is 4. The molecule has 1 aromatic carbocycles. The highest BCUT2D eigenvalue weighted by atomic mass is 35.5. The molecular weight excluding hydrogens is 237 g/mol. The molecule has 0 aromatic heterocycles. The first kappa shape index (κ1) is 12.7. The fourth-order valence-electron chi connectivity index (χ4n) is 0.924. The molecule has 0 spiro atoms. The van der Waals surface area contributed by atoms with Crippen LogP contribution in [-0.2, 0) is 9.63 Å². The van der Waals surface area contributed by atoms with Gasteiger partial charge in [0.25, 0.3) is 5.91 Å². The van der Waals surface area contributed by atoms with Crippen molar-refractivity contribution in [1.29, 1.82) is 0 Å². The van der Waals surface area contributed by atoms with Crippen LogP contribution in [0.2, 0.25) is 5.02 Å². The van der Waals surface area contributed by atoms with Gasteiger partial charge in [0.2, 0.25) is 0 Å². The van der Waals surface area contributed by atoms with E-state index in [-0.39, 0.29) is 23.3 Å². The maximum absolute atomic E-state index is 12.7. The lowest BCUT2D eigenvalue weighted by Gasteiger charge is -2.14. The minimum Gasteiger partial charge on any atom is -0.482 e. The van der Waals surface area contributed by atoms with E-state index in [9.17, 15) is 9.18 Å². The van der Waals surface area contributed by atoms with Gasteiger partial charge in [0.05, 0.1) is 12.1 Å². The topological polar surface area (TPSA) is 38.8 Å². The van der Waals surface area contributed by atoms with Crippen LogP contribution < -0.4 is 4.74 Å². The molecule has 0 saturated heterocycles. The summed E-state index contributed by atoms with van der Waals surface area (Å²) in [5.41, 5.74) is 0. The van der Waals surface area contributed by atoms with Crippen molar-refractivity contribution < 1.29 is 18.8 Å². The van der Waals surface area contributed by atoms with Crippen molar-refractivity contribution in [3.8, 4) is 5.75 Å². The minimum absolute atomic E-state index is 0.118. The Bertz CT molecular complexity index is 386. The summed E-state index contributed by atoms with van der Waals surface area (Å²) in [5.74, 6) is -0.582. The summed E-state index contributed by atoms with van der Waals surface area (Å²) in [6, 6.07) is 3.67. The summed E-state index contributed by atoms with van der Waals surface area (Å²) in [6.07, 6.45) is 0. The molecule has 16 heavy (non-hydrogen) atoms. The predicted octanol–water partition coefficient (Wildman–Crippen LogP) is 1.88. The number of hydroxylamine groups is 2. The summed E-state index contributed by atoms with van der Waals surface area (Å²) >= 11 is 5.71. The summed E-state index contributed by atoms with van der Waals surface area (Å²) in [5, 5.41) is 1.14. The zero-order valence-corrected chi connectivity index (χ0v) is 9.62. The number of carbonyl (C=O) groups is 1. The first-order valence-electron chi connectivity index (χ1n) is 4.43. The quantitative estimate of drug-likeness (QED) is 0.763. The Hall–Kier alpha value is -1.33. The Morgan fingerprint density at radius 1 is 1.56 bits per heavy atom. The molecule has 6 heteroatoms. The van der Waals surface area contributed by atoms with Crippen LogP contribution in [-0.4, -0.2) is 31.7 Å². The highest BCUT2D eigenvalue weighted by Gasteiger charge is 2.10. The van der Waals surface area contributed by atoms with Crippen molar-refractivity contribution in [2.45, 2.75) is 0 Å². The maximum atomic E-state index is 12.7. The summed E-state index contributed by atoms with van der Waals surface area (Å²) in [7, 11) is 2.82. The maximum Gasteiger partial charge on any atom is 0.283 e. The van der Waals surface area contributed by atoms with Crippen LogP contribution in [0.25, 0.3) is 0 Å². The normalized spacial score (nSPS) is 10.0. The molecule has 0 saturated carbocycles. The van der Waals surface area contributed by atoms with Crippen molar-refractivity contribution in [3.63, 3.8) is 0 Å². The molecule has 0 aliphatic rings. The molecule has 0 atom stereocenters. The highest BCUT2D eigenvalue weighted by Crippen LogP contribution is 2.24. The number of amides is 1. The molecule has 0 N–H and O–H groups in total. The molecule has 1 aromatic rings. The van der Waals surface area contributed by atoms with Gasteiger partial charge in [0.1, 0.15) is 11.6 Å². The summed E-state index contributed by atoms with van der Waals surface area (Å²) in [6.45, 7) is -0.226. The van der Waals surface area contributed by atoms with Crippen LogP contribution in [0.3, 0.4) is 0 Å². The fraction of sp³-hybridized carbons (Fsp3) is 0.300. The van der Waals surface area contributed by atoms with Crippen molar-refractivity contribution >= 4 is 17.5 Å². The monoisotopic (exact) mass is 247 g/mol. The lowest BCUT2D eigenvalue weighted by Crippen LogP contribution is -2.30. The summed E-state index contributed by atoms with van der Waals surface area (Å²) in [4.78, 5) is 15.9. The third-order valence-electron chi connectivity index (χ3n) is 1.87. The van der Waals surface area contributed by atoms with Crippen LogP contribution in [0.15, 0.2) is 18.2 Å². The lowest BCUT2D eigenvalue weighted by atomic mass is 10.3. The van der Waals surface area contributed by atoms with Crippen molar-refractivity contribution in [2.75, 3.05) is 20.8 Å². The zero-order valence-electron chi connectivity index (χ0n) is 8.87.